The van der Waals surface area contributed by atoms with Crippen molar-refractivity contribution in [2.24, 2.45) is 5.73 Å². The van der Waals surface area contributed by atoms with Crippen molar-refractivity contribution in [3.05, 3.63) is 0 Å². The fourth-order valence-electron chi connectivity index (χ4n) is 1.02. The molecule has 1 amide bonds. The Morgan fingerprint density at radius 1 is 1.50 bits per heavy atom. The summed E-state index contributed by atoms with van der Waals surface area (Å²) >= 11 is 0. The van der Waals surface area contributed by atoms with E-state index in [4.69, 9.17) is 10.5 Å². The zero-order valence-electron chi connectivity index (χ0n) is 9.59. The molecule has 0 radical (unpaired) electrons. The van der Waals surface area contributed by atoms with Crippen molar-refractivity contribution in [1.82, 2.24) is 5.32 Å². The van der Waals surface area contributed by atoms with E-state index in [0.29, 0.717) is 6.61 Å². The first-order chi connectivity index (χ1) is 6.49. The molecule has 0 saturated carbocycles. The second-order valence-electron chi connectivity index (χ2n) is 3.64. The van der Waals surface area contributed by atoms with Gasteiger partial charge in [-0.25, -0.2) is 0 Å². The minimum atomic E-state index is -0.430. The third-order valence-electron chi connectivity index (χ3n) is 2.64. The summed E-state index contributed by atoms with van der Waals surface area (Å²) < 4.78 is 5.40. The van der Waals surface area contributed by atoms with E-state index in [0.717, 1.165) is 12.8 Å². The van der Waals surface area contributed by atoms with Crippen LogP contribution in [0, 0.1) is 0 Å². The fourth-order valence-corrected chi connectivity index (χ4v) is 1.02. The first-order valence-electron chi connectivity index (χ1n) is 5.11. The summed E-state index contributed by atoms with van der Waals surface area (Å²) in [6.07, 6.45) is 1.27. The Labute approximate surface area is 86.2 Å². The SMILES string of the molecule is CCC(N)(CC)COC(C)C(=O)NC. The molecule has 0 bridgehead atoms. The van der Waals surface area contributed by atoms with Crippen LogP contribution in [-0.4, -0.2) is 31.2 Å². The molecular formula is C10H22N2O2. The first-order valence-corrected chi connectivity index (χ1v) is 5.11. The highest BCUT2D eigenvalue weighted by Crippen LogP contribution is 2.12. The average molecular weight is 202 g/mol. The number of rotatable bonds is 6. The predicted octanol–water partition coefficient (Wildman–Crippen LogP) is 0.655. The van der Waals surface area contributed by atoms with Gasteiger partial charge in [0.15, 0.2) is 0 Å². The third kappa shape index (κ3) is 4.07. The molecule has 0 spiro atoms. The van der Waals surface area contributed by atoms with Gasteiger partial charge in [-0.1, -0.05) is 13.8 Å². The van der Waals surface area contributed by atoms with Crippen LogP contribution < -0.4 is 11.1 Å². The van der Waals surface area contributed by atoms with E-state index in [9.17, 15) is 4.79 Å². The van der Waals surface area contributed by atoms with Gasteiger partial charge in [0.25, 0.3) is 0 Å². The number of nitrogens with two attached hydrogens (primary N) is 1. The Hall–Kier alpha value is -0.610. The quantitative estimate of drug-likeness (QED) is 0.665. The molecule has 0 rings (SSSR count). The summed E-state index contributed by atoms with van der Waals surface area (Å²) in [6, 6.07) is 0. The van der Waals surface area contributed by atoms with Gasteiger partial charge in [0.05, 0.1) is 6.61 Å². The monoisotopic (exact) mass is 202 g/mol. The van der Waals surface area contributed by atoms with Gasteiger partial charge in [-0.3, -0.25) is 4.79 Å². The highest BCUT2D eigenvalue weighted by Gasteiger charge is 2.23. The molecule has 0 aliphatic heterocycles. The minimum absolute atomic E-state index is 0.112. The molecule has 1 unspecified atom stereocenters. The van der Waals surface area contributed by atoms with E-state index >= 15 is 0 Å². The number of ether oxygens (including phenoxy) is 1. The lowest BCUT2D eigenvalue weighted by Gasteiger charge is -2.27. The summed E-state index contributed by atoms with van der Waals surface area (Å²) in [5.41, 5.74) is 5.73. The van der Waals surface area contributed by atoms with Crippen LogP contribution in [0.15, 0.2) is 0 Å². The molecule has 0 aromatic rings. The summed E-state index contributed by atoms with van der Waals surface area (Å²) in [6.45, 7) is 6.20. The van der Waals surface area contributed by atoms with Crippen LogP contribution >= 0.6 is 0 Å². The fraction of sp³-hybridized carbons (Fsp3) is 0.900. The van der Waals surface area contributed by atoms with Crippen molar-refractivity contribution < 1.29 is 9.53 Å². The van der Waals surface area contributed by atoms with E-state index in [-0.39, 0.29) is 11.4 Å². The van der Waals surface area contributed by atoms with Crippen LogP contribution in [0.5, 0.6) is 0 Å². The maximum Gasteiger partial charge on any atom is 0.248 e. The second-order valence-corrected chi connectivity index (χ2v) is 3.64. The zero-order chi connectivity index (χ0) is 11.2. The van der Waals surface area contributed by atoms with Crippen LogP contribution in [0.2, 0.25) is 0 Å². The van der Waals surface area contributed by atoms with Gasteiger partial charge < -0.3 is 15.8 Å². The smallest absolute Gasteiger partial charge is 0.248 e. The maximum atomic E-state index is 11.1. The van der Waals surface area contributed by atoms with Crippen molar-refractivity contribution >= 4 is 5.91 Å². The molecule has 0 aromatic carbocycles. The third-order valence-corrected chi connectivity index (χ3v) is 2.64. The van der Waals surface area contributed by atoms with Crippen molar-refractivity contribution in [3.63, 3.8) is 0 Å². The van der Waals surface area contributed by atoms with Crippen LogP contribution in [0.4, 0.5) is 0 Å². The maximum absolute atomic E-state index is 11.1. The first kappa shape index (κ1) is 13.4. The number of hydrogen-bond donors (Lipinski definition) is 2. The lowest BCUT2D eigenvalue weighted by atomic mass is 9.95. The van der Waals surface area contributed by atoms with Gasteiger partial charge in [-0.2, -0.15) is 0 Å². The molecule has 0 saturated heterocycles. The standard InChI is InChI=1S/C10H22N2O2/c1-5-10(11,6-2)7-14-8(3)9(13)12-4/h8H,5-7,11H2,1-4H3,(H,12,13). The molecule has 84 valence electrons. The van der Waals surface area contributed by atoms with E-state index in [1.807, 2.05) is 13.8 Å². The van der Waals surface area contributed by atoms with Crippen LogP contribution in [0.3, 0.4) is 0 Å². The van der Waals surface area contributed by atoms with Gasteiger partial charge in [0, 0.05) is 12.6 Å². The van der Waals surface area contributed by atoms with Gasteiger partial charge in [-0.05, 0) is 19.8 Å². The summed E-state index contributed by atoms with van der Waals surface area (Å²) in [4.78, 5) is 11.1. The van der Waals surface area contributed by atoms with Gasteiger partial charge >= 0.3 is 0 Å². The Bertz CT molecular complexity index is 179. The lowest BCUT2D eigenvalue weighted by Crippen LogP contribution is -2.45. The van der Waals surface area contributed by atoms with E-state index in [2.05, 4.69) is 5.32 Å². The topological polar surface area (TPSA) is 64.3 Å². The molecule has 0 aliphatic carbocycles. The number of carbonyl (C=O) groups is 1. The molecule has 0 aromatic heterocycles. The summed E-state index contributed by atoms with van der Waals surface area (Å²) in [5, 5.41) is 2.53. The molecule has 3 N–H and O–H groups in total. The number of hydrogen-bond acceptors (Lipinski definition) is 3. The summed E-state index contributed by atoms with van der Waals surface area (Å²) in [7, 11) is 1.59. The van der Waals surface area contributed by atoms with E-state index in [1.54, 1.807) is 14.0 Å². The molecule has 0 heterocycles. The van der Waals surface area contributed by atoms with Crippen molar-refractivity contribution in [1.29, 1.82) is 0 Å². The molecule has 14 heavy (non-hydrogen) atoms. The number of likely N-dealkylation sites (N-methyl/N-ethyl adjacent to an activating group) is 1. The zero-order valence-corrected chi connectivity index (χ0v) is 9.59. The Morgan fingerprint density at radius 2 is 2.00 bits per heavy atom. The van der Waals surface area contributed by atoms with Gasteiger partial charge in [0.2, 0.25) is 5.91 Å². The Balaban J connectivity index is 3.97. The number of amides is 1. The van der Waals surface area contributed by atoms with E-state index in [1.165, 1.54) is 0 Å². The molecule has 0 aliphatic rings. The number of carbonyl (C=O) groups excluding carboxylic acids is 1. The summed E-state index contributed by atoms with van der Waals surface area (Å²) in [5.74, 6) is -0.112. The van der Waals surface area contributed by atoms with Crippen LogP contribution in [0.25, 0.3) is 0 Å². The normalized spacial score (nSPS) is 13.8. The lowest BCUT2D eigenvalue weighted by molar-refractivity contribution is -0.132. The largest absolute Gasteiger partial charge is 0.367 e. The van der Waals surface area contributed by atoms with Gasteiger partial charge in [0.1, 0.15) is 6.10 Å². The Morgan fingerprint density at radius 3 is 2.36 bits per heavy atom. The van der Waals surface area contributed by atoms with Crippen LogP contribution in [0.1, 0.15) is 33.6 Å². The van der Waals surface area contributed by atoms with E-state index < -0.39 is 6.10 Å². The minimum Gasteiger partial charge on any atom is -0.367 e. The Kier molecular flexibility index (Phi) is 5.72. The van der Waals surface area contributed by atoms with Crippen molar-refractivity contribution in [3.8, 4) is 0 Å². The molecular weight excluding hydrogens is 180 g/mol. The number of nitrogens with one attached hydrogen (secondary N) is 1. The molecule has 1 atom stereocenters. The van der Waals surface area contributed by atoms with Crippen LogP contribution in [-0.2, 0) is 9.53 Å². The average Bonchev–Trinajstić information content (AvgIpc) is 2.24. The van der Waals surface area contributed by atoms with Crippen molar-refractivity contribution in [2.45, 2.75) is 45.3 Å². The molecule has 4 heteroatoms. The highest BCUT2D eigenvalue weighted by atomic mass is 16.5. The van der Waals surface area contributed by atoms with Gasteiger partial charge in [-0.15, -0.1) is 0 Å². The second kappa shape index (κ2) is 5.98. The molecule has 4 nitrogen and oxygen atoms in total. The van der Waals surface area contributed by atoms with Crippen molar-refractivity contribution in [2.75, 3.05) is 13.7 Å². The molecule has 0 fully saturated rings. The highest BCUT2D eigenvalue weighted by molar-refractivity contribution is 5.79. The predicted molar refractivity (Wildman–Crippen MR) is 57.0 cm³/mol.